The van der Waals surface area contributed by atoms with Gasteiger partial charge in [0.05, 0.1) is 0 Å². The van der Waals surface area contributed by atoms with E-state index in [2.05, 4.69) is 17.4 Å². The summed E-state index contributed by atoms with van der Waals surface area (Å²) >= 11 is 0. The van der Waals surface area contributed by atoms with E-state index in [1.807, 2.05) is 0 Å². The van der Waals surface area contributed by atoms with Crippen LogP contribution in [-0.2, 0) is 4.79 Å². The van der Waals surface area contributed by atoms with Crippen molar-refractivity contribution in [2.24, 2.45) is 10.9 Å². The van der Waals surface area contributed by atoms with Crippen molar-refractivity contribution in [2.45, 2.75) is 76.7 Å². The Balaban J connectivity index is 2.76. The molecule has 0 aromatic rings. The molecule has 0 atom stereocenters. The first kappa shape index (κ1) is 15.8. The molecule has 5 nitrogen and oxygen atoms in total. The molecule has 0 aromatic heterocycles. The Morgan fingerprint density at radius 3 is 2.37 bits per heavy atom. The average Bonchev–Trinajstić information content (AvgIpc) is 2.38. The summed E-state index contributed by atoms with van der Waals surface area (Å²) in [5, 5.41) is 15.2. The monoisotopic (exact) mass is 269 g/mol. The fraction of sp³-hybridized carbons (Fsp3) is 0.857. The second-order valence-corrected chi connectivity index (χ2v) is 5.49. The zero-order valence-electron chi connectivity index (χ0n) is 12.0. The zero-order chi connectivity index (χ0) is 14.1. The van der Waals surface area contributed by atoms with Gasteiger partial charge in [-0.2, -0.15) is 0 Å². The summed E-state index contributed by atoms with van der Waals surface area (Å²) in [6, 6.07) is 0. The predicted molar refractivity (Wildman–Crippen MR) is 76.1 cm³/mol. The van der Waals surface area contributed by atoms with Crippen molar-refractivity contribution in [1.82, 2.24) is 5.32 Å². The van der Waals surface area contributed by atoms with Crippen molar-refractivity contribution in [1.29, 1.82) is 0 Å². The Bertz CT molecular complexity index is 308. The Morgan fingerprint density at radius 2 is 1.84 bits per heavy atom. The van der Waals surface area contributed by atoms with Gasteiger partial charge in [-0.15, -0.1) is 0 Å². The van der Waals surface area contributed by atoms with E-state index >= 15 is 0 Å². The fourth-order valence-electron chi connectivity index (χ4n) is 2.72. The second-order valence-electron chi connectivity index (χ2n) is 5.49. The van der Waals surface area contributed by atoms with E-state index in [0.29, 0.717) is 6.42 Å². The number of amides is 1. The molecule has 110 valence electrons. The molecule has 1 amide bonds. The number of hydrogen-bond donors (Lipinski definition) is 3. The third-order valence-electron chi connectivity index (χ3n) is 3.94. The van der Waals surface area contributed by atoms with Crippen LogP contribution in [-0.4, -0.2) is 22.5 Å². The van der Waals surface area contributed by atoms with Crippen LogP contribution in [0.4, 0.5) is 0 Å². The predicted octanol–water partition coefficient (Wildman–Crippen LogP) is 2.52. The summed E-state index contributed by atoms with van der Waals surface area (Å²) in [4.78, 5) is 12.0. The molecule has 19 heavy (non-hydrogen) atoms. The summed E-state index contributed by atoms with van der Waals surface area (Å²) in [6.07, 6.45) is 9.43. The van der Waals surface area contributed by atoms with Gasteiger partial charge >= 0.3 is 0 Å². The molecule has 5 heteroatoms. The van der Waals surface area contributed by atoms with Crippen molar-refractivity contribution in [3.63, 3.8) is 0 Å². The molecule has 0 saturated heterocycles. The minimum Gasteiger partial charge on any atom is -0.409 e. The minimum atomic E-state index is -0.639. The maximum atomic E-state index is 12.0. The molecule has 1 rings (SSSR count). The molecule has 0 heterocycles. The van der Waals surface area contributed by atoms with Crippen molar-refractivity contribution in [3.8, 4) is 0 Å². The Hall–Kier alpha value is -1.26. The summed E-state index contributed by atoms with van der Waals surface area (Å²) in [7, 11) is 0. The molecule has 0 spiro atoms. The quantitative estimate of drug-likeness (QED) is 0.310. The van der Waals surface area contributed by atoms with Crippen LogP contribution < -0.4 is 11.1 Å². The van der Waals surface area contributed by atoms with Crippen LogP contribution in [0.2, 0.25) is 0 Å². The first-order valence-electron chi connectivity index (χ1n) is 7.43. The Kier molecular flexibility index (Phi) is 6.67. The summed E-state index contributed by atoms with van der Waals surface area (Å²) in [6.45, 7) is 2.06. The number of nitrogens with zero attached hydrogens (tertiary/aromatic N) is 1. The molecule has 1 aliphatic carbocycles. The van der Waals surface area contributed by atoms with Crippen molar-refractivity contribution in [2.75, 3.05) is 0 Å². The van der Waals surface area contributed by atoms with Crippen molar-refractivity contribution in [3.05, 3.63) is 0 Å². The third-order valence-corrected chi connectivity index (χ3v) is 3.94. The van der Waals surface area contributed by atoms with E-state index in [1.54, 1.807) is 0 Å². The molecule has 1 saturated carbocycles. The lowest BCUT2D eigenvalue weighted by atomic mass is 9.82. The first-order chi connectivity index (χ1) is 9.14. The normalized spacial score (nSPS) is 20.4. The van der Waals surface area contributed by atoms with Crippen LogP contribution in [0, 0.1) is 0 Å². The van der Waals surface area contributed by atoms with Gasteiger partial charge in [0.15, 0.2) is 5.84 Å². The van der Waals surface area contributed by atoms with Crippen LogP contribution >= 0.6 is 0 Å². The molecule has 1 aliphatic rings. The van der Waals surface area contributed by atoms with E-state index in [9.17, 15) is 4.79 Å². The standard InChI is InChI=1S/C14H27N3O2/c1-2-3-9-12(18)16-14(13(15)17-19)10-7-5-4-6-8-11-14/h19H,2-11H2,1H3,(H2,15,17)(H,16,18). The van der Waals surface area contributed by atoms with E-state index in [-0.39, 0.29) is 11.7 Å². The van der Waals surface area contributed by atoms with Crippen molar-refractivity contribution < 1.29 is 10.0 Å². The number of rotatable bonds is 5. The number of carbonyl (C=O) groups excluding carboxylic acids is 1. The van der Waals surface area contributed by atoms with Gasteiger partial charge in [-0.3, -0.25) is 4.79 Å². The summed E-state index contributed by atoms with van der Waals surface area (Å²) in [5.41, 5.74) is 5.23. The van der Waals surface area contributed by atoms with Crippen LogP contribution in [0.25, 0.3) is 0 Å². The van der Waals surface area contributed by atoms with Gasteiger partial charge in [0.2, 0.25) is 5.91 Å². The largest absolute Gasteiger partial charge is 0.409 e. The van der Waals surface area contributed by atoms with Crippen LogP contribution in [0.1, 0.15) is 71.1 Å². The summed E-state index contributed by atoms with van der Waals surface area (Å²) in [5.74, 6) is 0.160. The third kappa shape index (κ3) is 4.73. The van der Waals surface area contributed by atoms with E-state index in [1.165, 1.54) is 6.42 Å². The van der Waals surface area contributed by atoms with E-state index in [4.69, 9.17) is 10.9 Å². The highest BCUT2D eigenvalue weighted by Crippen LogP contribution is 2.27. The Labute approximate surface area is 115 Å². The van der Waals surface area contributed by atoms with E-state index < -0.39 is 5.54 Å². The topological polar surface area (TPSA) is 87.7 Å². The van der Waals surface area contributed by atoms with E-state index in [0.717, 1.165) is 51.4 Å². The molecular weight excluding hydrogens is 242 g/mol. The number of nitrogens with one attached hydrogen (secondary N) is 1. The van der Waals surface area contributed by atoms with Gasteiger partial charge in [0.1, 0.15) is 5.54 Å². The lowest BCUT2D eigenvalue weighted by molar-refractivity contribution is -0.122. The van der Waals surface area contributed by atoms with Crippen LogP contribution in [0.3, 0.4) is 0 Å². The highest BCUT2D eigenvalue weighted by atomic mass is 16.4. The lowest BCUT2D eigenvalue weighted by Gasteiger charge is -2.35. The number of nitrogens with two attached hydrogens (primary N) is 1. The van der Waals surface area contributed by atoms with Crippen molar-refractivity contribution >= 4 is 11.7 Å². The fourth-order valence-corrected chi connectivity index (χ4v) is 2.72. The minimum absolute atomic E-state index is 0.00836. The van der Waals surface area contributed by atoms with Gasteiger partial charge in [0.25, 0.3) is 0 Å². The number of hydrogen-bond acceptors (Lipinski definition) is 3. The van der Waals surface area contributed by atoms with Gasteiger partial charge in [0, 0.05) is 6.42 Å². The maximum Gasteiger partial charge on any atom is 0.220 e. The van der Waals surface area contributed by atoms with Gasteiger partial charge < -0.3 is 16.3 Å². The zero-order valence-corrected chi connectivity index (χ0v) is 12.0. The smallest absolute Gasteiger partial charge is 0.220 e. The average molecular weight is 269 g/mol. The highest BCUT2D eigenvalue weighted by Gasteiger charge is 2.36. The van der Waals surface area contributed by atoms with Gasteiger partial charge in [-0.1, -0.05) is 50.6 Å². The summed E-state index contributed by atoms with van der Waals surface area (Å²) < 4.78 is 0. The Morgan fingerprint density at radius 1 is 1.26 bits per heavy atom. The number of amidine groups is 1. The van der Waals surface area contributed by atoms with Gasteiger partial charge in [-0.25, -0.2) is 0 Å². The van der Waals surface area contributed by atoms with Crippen LogP contribution in [0.5, 0.6) is 0 Å². The molecule has 0 bridgehead atoms. The number of carbonyl (C=O) groups is 1. The second kappa shape index (κ2) is 8.02. The lowest BCUT2D eigenvalue weighted by Crippen LogP contribution is -2.57. The highest BCUT2D eigenvalue weighted by molar-refractivity contribution is 5.93. The number of oxime groups is 1. The molecule has 0 aromatic carbocycles. The SMILES string of the molecule is CCCCC(=O)NC1(/C(N)=N/O)CCCCCCC1. The molecule has 0 unspecified atom stereocenters. The maximum absolute atomic E-state index is 12.0. The molecular formula is C14H27N3O2. The molecule has 4 N–H and O–H groups in total. The first-order valence-corrected chi connectivity index (χ1v) is 7.43. The molecule has 1 fully saturated rings. The number of unbranched alkanes of at least 4 members (excludes halogenated alkanes) is 1. The van der Waals surface area contributed by atoms with Gasteiger partial charge in [-0.05, 0) is 19.3 Å². The van der Waals surface area contributed by atoms with Crippen LogP contribution in [0.15, 0.2) is 5.16 Å². The molecule has 0 radical (unpaired) electrons. The molecule has 0 aliphatic heterocycles.